The molecule has 0 aliphatic heterocycles. The van der Waals surface area contributed by atoms with Crippen LogP contribution in [-0.2, 0) is 11.8 Å². The Kier molecular flexibility index (Phi) is 3.17. The van der Waals surface area contributed by atoms with Crippen LogP contribution in [0, 0.1) is 6.92 Å². The van der Waals surface area contributed by atoms with E-state index in [1.165, 1.54) is 31.2 Å². The fourth-order valence-corrected chi connectivity index (χ4v) is 4.37. The van der Waals surface area contributed by atoms with Crippen molar-refractivity contribution in [3.8, 4) is 11.3 Å². The molecule has 0 radical (unpaired) electrons. The first-order chi connectivity index (χ1) is 10.7. The molecule has 0 amide bonds. The molecule has 0 N–H and O–H groups in total. The van der Waals surface area contributed by atoms with Crippen molar-refractivity contribution in [3.05, 3.63) is 51.7 Å². The van der Waals surface area contributed by atoms with Gasteiger partial charge in [-0.1, -0.05) is 49.9 Å². The van der Waals surface area contributed by atoms with Crippen LogP contribution in [0.15, 0.2) is 33.5 Å². The van der Waals surface area contributed by atoms with Crippen molar-refractivity contribution in [1.82, 2.24) is 4.98 Å². The van der Waals surface area contributed by atoms with Gasteiger partial charge in [-0.05, 0) is 24.8 Å². The Labute approximate surface area is 130 Å². The lowest BCUT2D eigenvalue weighted by Gasteiger charge is -2.37. The van der Waals surface area contributed by atoms with E-state index in [9.17, 15) is 4.79 Å². The highest BCUT2D eigenvalue weighted by atomic mass is 16.4. The van der Waals surface area contributed by atoms with Gasteiger partial charge in [0.05, 0.1) is 11.3 Å². The maximum Gasteiger partial charge on any atom is 0.343 e. The minimum atomic E-state index is -0.168. The third-order valence-corrected chi connectivity index (χ3v) is 5.34. The largest absolute Gasteiger partial charge is 0.408 e. The van der Waals surface area contributed by atoms with Gasteiger partial charge in [0.2, 0.25) is 0 Å². The van der Waals surface area contributed by atoms with Crippen molar-refractivity contribution in [1.29, 1.82) is 0 Å². The topological polar surface area (TPSA) is 43.1 Å². The summed E-state index contributed by atoms with van der Waals surface area (Å²) in [5, 5.41) is 0. The Morgan fingerprint density at radius 3 is 2.59 bits per heavy atom. The molecule has 1 aromatic carbocycles. The highest BCUT2D eigenvalue weighted by Gasteiger charge is 2.42. The van der Waals surface area contributed by atoms with E-state index >= 15 is 0 Å². The molecule has 0 saturated heterocycles. The van der Waals surface area contributed by atoms with Crippen LogP contribution in [0.1, 0.15) is 55.5 Å². The van der Waals surface area contributed by atoms with E-state index < -0.39 is 0 Å². The van der Waals surface area contributed by atoms with E-state index in [1.807, 2.05) is 6.07 Å². The normalized spacial score (nSPS) is 19.3. The van der Waals surface area contributed by atoms with Gasteiger partial charge in [0.25, 0.3) is 0 Å². The zero-order valence-electron chi connectivity index (χ0n) is 13.0. The molecule has 0 bridgehead atoms. The van der Waals surface area contributed by atoms with Crippen molar-refractivity contribution >= 4 is 0 Å². The minimum absolute atomic E-state index is 0.0680. The van der Waals surface area contributed by atoms with Crippen molar-refractivity contribution in [2.45, 2.75) is 57.3 Å². The summed E-state index contributed by atoms with van der Waals surface area (Å²) in [7, 11) is 0. The maximum atomic E-state index is 12.7. The number of aromatic nitrogens is 1. The van der Waals surface area contributed by atoms with Gasteiger partial charge in [0.1, 0.15) is 0 Å². The minimum Gasteiger partial charge on any atom is -0.408 e. The summed E-state index contributed by atoms with van der Waals surface area (Å²) in [6.07, 6.45) is 8.01. The van der Waals surface area contributed by atoms with Crippen LogP contribution in [0.3, 0.4) is 0 Å². The molecule has 1 spiro atoms. The van der Waals surface area contributed by atoms with Gasteiger partial charge in [0, 0.05) is 17.9 Å². The molecular formula is C19H21NO2. The van der Waals surface area contributed by atoms with Gasteiger partial charge >= 0.3 is 5.63 Å². The summed E-state index contributed by atoms with van der Waals surface area (Å²) in [6.45, 7) is 1.76. The Balaban J connectivity index is 2.01. The average molecular weight is 295 g/mol. The summed E-state index contributed by atoms with van der Waals surface area (Å²) in [5.74, 6) is 0.462. The fraction of sp³-hybridized carbons (Fsp3) is 0.474. The van der Waals surface area contributed by atoms with Gasteiger partial charge in [-0.3, -0.25) is 0 Å². The molecule has 3 heteroatoms. The Morgan fingerprint density at radius 1 is 1.09 bits per heavy atom. The summed E-state index contributed by atoms with van der Waals surface area (Å²) in [4.78, 5) is 17.3. The van der Waals surface area contributed by atoms with Crippen molar-refractivity contribution in [2.24, 2.45) is 0 Å². The summed E-state index contributed by atoms with van der Waals surface area (Å²) in [5.41, 5.74) is 3.93. The first-order valence-electron chi connectivity index (χ1n) is 8.30. The first kappa shape index (κ1) is 13.7. The van der Waals surface area contributed by atoms with Crippen LogP contribution in [0.5, 0.6) is 0 Å². The molecule has 114 valence electrons. The molecular weight excluding hydrogens is 274 g/mol. The highest BCUT2D eigenvalue weighted by Crippen LogP contribution is 2.47. The molecule has 0 unspecified atom stereocenters. The zero-order chi connectivity index (χ0) is 15.2. The molecule has 1 aromatic heterocycles. The van der Waals surface area contributed by atoms with Crippen LogP contribution in [0.2, 0.25) is 0 Å². The van der Waals surface area contributed by atoms with E-state index in [0.717, 1.165) is 36.1 Å². The number of hydrogen-bond donors (Lipinski definition) is 0. The molecule has 2 aliphatic carbocycles. The molecule has 1 fully saturated rings. The molecule has 1 heterocycles. The monoisotopic (exact) mass is 295 g/mol. The van der Waals surface area contributed by atoms with Gasteiger partial charge < -0.3 is 4.42 Å². The third-order valence-electron chi connectivity index (χ3n) is 5.34. The smallest absolute Gasteiger partial charge is 0.343 e. The molecule has 2 aliphatic rings. The standard InChI is InChI=1S/C19H21NO2/c1-13-20-17-15-9-5-4-8-14(15)12-19(16(17)18(21)22-13)10-6-2-3-7-11-19/h4-5,8-9H,2-3,6-7,10-12H2,1H3. The number of rotatable bonds is 0. The number of nitrogens with zero attached hydrogens (tertiary/aromatic N) is 1. The molecule has 0 atom stereocenters. The third kappa shape index (κ3) is 2.03. The lowest BCUT2D eigenvalue weighted by Crippen LogP contribution is -2.38. The molecule has 22 heavy (non-hydrogen) atoms. The van der Waals surface area contributed by atoms with Crippen LogP contribution < -0.4 is 5.63 Å². The Bertz CT molecular complexity index is 767. The molecule has 4 rings (SSSR count). The Morgan fingerprint density at radius 2 is 1.82 bits per heavy atom. The van der Waals surface area contributed by atoms with Crippen LogP contribution in [0.4, 0.5) is 0 Å². The van der Waals surface area contributed by atoms with E-state index in [0.29, 0.717) is 5.89 Å². The van der Waals surface area contributed by atoms with Gasteiger partial charge in [-0.15, -0.1) is 0 Å². The maximum absolute atomic E-state index is 12.7. The number of hydrogen-bond acceptors (Lipinski definition) is 3. The number of fused-ring (bicyclic) bond motifs is 4. The predicted molar refractivity (Wildman–Crippen MR) is 86.0 cm³/mol. The van der Waals surface area contributed by atoms with Crippen LogP contribution >= 0.6 is 0 Å². The average Bonchev–Trinajstić information content (AvgIpc) is 2.73. The zero-order valence-corrected chi connectivity index (χ0v) is 13.0. The first-order valence-corrected chi connectivity index (χ1v) is 8.30. The summed E-state index contributed by atoms with van der Waals surface area (Å²) < 4.78 is 5.39. The van der Waals surface area contributed by atoms with E-state index in [1.54, 1.807) is 6.92 Å². The van der Waals surface area contributed by atoms with Crippen molar-refractivity contribution in [2.75, 3.05) is 0 Å². The van der Waals surface area contributed by atoms with Gasteiger partial charge in [-0.25, -0.2) is 9.78 Å². The van der Waals surface area contributed by atoms with Crippen molar-refractivity contribution in [3.63, 3.8) is 0 Å². The summed E-state index contributed by atoms with van der Waals surface area (Å²) >= 11 is 0. The van der Waals surface area contributed by atoms with Crippen LogP contribution in [0.25, 0.3) is 11.3 Å². The van der Waals surface area contributed by atoms with E-state index in [4.69, 9.17) is 4.42 Å². The van der Waals surface area contributed by atoms with Crippen LogP contribution in [-0.4, -0.2) is 4.98 Å². The molecule has 1 saturated carbocycles. The van der Waals surface area contributed by atoms with Crippen molar-refractivity contribution < 1.29 is 4.42 Å². The number of benzene rings is 1. The number of aryl methyl sites for hydroxylation is 1. The SMILES string of the molecule is Cc1nc2c(c(=O)o1)C1(CCCCCC1)Cc1ccccc1-2. The van der Waals surface area contributed by atoms with E-state index in [-0.39, 0.29) is 11.0 Å². The second kappa shape index (κ2) is 5.08. The van der Waals surface area contributed by atoms with Gasteiger partial charge in [0.15, 0.2) is 5.89 Å². The lowest BCUT2D eigenvalue weighted by molar-refractivity contribution is 0.335. The highest BCUT2D eigenvalue weighted by molar-refractivity contribution is 5.71. The molecule has 3 nitrogen and oxygen atoms in total. The quantitative estimate of drug-likeness (QED) is 0.733. The molecule has 2 aromatic rings. The Hall–Kier alpha value is -1.90. The second-order valence-corrected chi connectivity index (χ2v) is 6.77. The fourth-order valence-electron chi connectivity index (χ4n) is 4.37. The van der Waals surface area contributed by atoms with E-state index in [2.05, 4.69) is 23.2 Å². The summed E-state index contributed by atoms with van der Waals surface area (Å²) in [6, 6.07) is 8.39. The second-order valence-electron chi connectivity index (χ2n) is 6.77. The predicted octanol–water partition coefficient (Wildman–Crippen LogP) is 4.16. The van der Waals surface area contributed by atoms with Gasteiger partial charge in [-0.2, -0.15) is 0 Å². The lowest BCUT2D eigenvalue weighted by atomic mass is 9.65.